The molecule has 0 saturated carbocycles. The summed E-state index contributed by atoms with van der Waals surface area (Å²) >= 11 is 7.06. The summed E-state index contributed by atoms with van der Waals surface area (Å²) in [5.41, 5.74) is 1.96. The summed E-state index contributed by atoms with van der Waals surface area (Å²) in [6, 6.07) is 12.8. The molecule has 2 aromatic heterocycles. The molecule has 0 spiro atoms. The van der Waals surface area contributed by atoms with Gasteiger partial charge in [0.2, 0.25) is 5.27 Å². The van der Waals surface area contributed by atoms with Gasteiger partial charge in [-0.25, -0.2) is 9.98 Å². The second kappa shape index (κ2) is 8.66. The van der Waals surface area contributed by atoms with Crippen molar-refractivity contribution >= 4 is 35.1 Å². The molecule has 0 fully saturated rings. The smallest absolute Gasteiger partial charge is 0.320 e. The molecule has 0 atom stereocenters. The lowest BCUT2D eigenvalue weighted by Crippen LogP contribution is -2.32. The zero-order valence-corrected chi connectivity index (χ0v) is 15.9. The van der Waals surface area contributed by atoms with Crippen molar-refractivity contribution in [3.63, 3.8) is 0 Å². The van der Waals surface area contributed by atoms with Crippen molar-refractivity contribution in [1.82, 2.24) is 10.3 Å². The number of aryl methyl sites for hydroxylation is 1. The van der Waals surface area contributed by atoms with Gasteiger partial charge in [-0.3, -0.25) is 4.52 Å². The van der Waals surface area contributed by atoms with E-state index in [0.717, 1.165) is 17.3 Å². The number of benzene rings is 1. The van der Waals surface area contributed by atoms with Crippen LogP contribution >= 0.6 is 23.4 Å². The molecule has 0 aliphatic heterocycles. The largest absolute Gasteiger partial charge is 0.861 e. The number of hydrogen-bond acceptors (Lipinski definition) is 7. The van der Waals surface area contributed by atoms with Gasteiger partial charge in [0.15, 0.2) is 6.54 Å². The number of pyridine rings is 1. The number of nitrogens with zero attached hydrogens (tertiary/aromatic N) is 5. The van der Waals surface area contributed by atoms with Crippen LogP contribution < -0.4 is 9.79 Å². The standard InChI is InChI=1S/C18H14ClN5O2S/c1-2-24-10-17(26-23-24)22-16(25)11-27-18-13(9-20)5-8-15(21-18)12-3-6-14(19)7-4-12/h3-8,10H,2,11H2,1H3. The highest BCUT2D eigenvalue weighted by Gasteiger charge is 2.10. The highest BCUT2D eigenvalue weighted by molar-refractivity contribution is 7.99. The van der Waals surface area contributed by atoms with Crippen LogP contribution in [0.1, 0.15) is 12.5 Å². The predicted molar refractivity (Wildman–Crippen MR) is 99.6 cm³/mol. The van der Waals surface area contributed by atoms with E-state index in [1.807, 2.05) is 19.1 Å². The van der Waals surface area contributed by atoms with Gasteiger partial charge in [0.1, 0.15) is 11.1 Å². The van der Waals surface area contributed by atoms with Gasteiger partial charge in [-0.15, -0.1) is 0 Å². The minimum absolute atomic E-state index is 0.0264. The van der Waals surface area contributed by atoms with E-state index in [4.69, 9.17) is 16.1 Å². The lowest BCUT2D eigenvalue weighted by Gasteiger charge is -2.10. The summed E-state index contributed by atoms with van der Waals surface area (Å²) in [6.45, 7) is 2.52. The first-order chi connectivity index (χ1) is 13.1. The maximum absolute atomic E-state index is 12.1. The maximum atomic E-state index is 12.1. The fourth-order valence-electron chi connectivity index (χ4n) is 2.17. The number of aromatic nitrogens is 3. The topological polar surface area (TPSA) is 102 Å². The average molecular weight is 400 g/mol. The third-order valence-corrected chi connectivity index (χ3v) is 4.74. The molecule has 3 aromatic rings. The van der Waals surface area contributed by atoms with Crippen molar-refractivity contribution in [3.8, 4) is 17.3 Å². The van der Waals surface area contributed by atoms with Gasteiger partial charge >= 0.3 is 5.88 Å². The molecule has 2 heterocycles. The van der Waals surface area contributed by atoms with E-state index in [1.165, 1.54) is 4.68 Å². The van der Waals surface area contributed by atoms with Gasteiger partial charge in [0.25, 0.3) is 6.20 Å². The van der Waals surface area contributed by atoms with Crippen LogP contribution in [0.4, 0.5) is 5.88 Å². The highest BCUT2D eigenvalue weighted by atomic mass is 35.5. The number of nitriles is 1. The fourth-order valence-corrected chi connectivity index (χ4v) is 3.05. The summed E-state index contributed by atoms with van der Waals surface area (Å²) in [5, 5.41) is 26.2. The van der Waals surface area contributed by atoms with Crippen LogP contribution in [0.25, 0.3) is 11.3 Å². The van der Waals surface area contributed by atoms with Gasteiger partial charge < -0.3 is 5.11 Å². The van der Waals surface area contributed by atoms with Gasteiger partial charge in [-0.2, -0.15) is 5.26 Å². The molecule has 9 heteroatoms. The van der Waals surface area contributed by atoms with Crippen LogP contribution in [-0.4, -0.2) is 21.9 Å². The molecule has 0 bridgehead atoms. The first-order valence-corrected chi connectivity index (χ1v) is 9.36. The maximum Gasteiger partial charge on any atom is 0.320 e. The number of aliphatic imine (C=N–C) groups is 1. The van der Waals surface area contributed by atoms with Crippen LogP contribution in [0.5, 0.6) is 0 Å². The van der Waals surface area contributed by atoms with Gasteiger partial charge in [0.05, 0.1) is 11.3 Å². The van der Waals surface area contributed by atoms with E-state index in [0.29, 0.717) is 27.9 Å². The third-order valence-electron chi connectivity index (χ3n) is 3.51. The third kappa shape index (κ3) is 4.84. The Morgan fingerprint density at radius 1 is 1.33 bits per heavy atom. The van der Waals surface area contributed by atoms with Crippen LogP contribution in [0.15, 0.2) is 57.1 Å². The van der Waals surface area contributed by atoms with E-state index < -0.39 is 5.90 Å². The molecule has 0 N–H and O–H groups in total. The molecule has 0 radical (unpaired) electrons. The van der Waals surface area contributed by atoms with E-state index in [2.05, 4.69) is 21.3 Å². The molecule has 27 heavy (non-hydrogen) atoms. The Bertz CT molecular complexity index is 1010. The number of hydrogen-bond donors (Lipinski definition) is 0. The summed E-state index contributed by atoms with van der Waals surface area (Å²) in [7, 11) is 0. The quantitative estimate of drug-likeness (QED) is 0.273. The lowest BCUT2D eigenvalue weighted by atomic mass is 10.1. The summed E-state index contributed by atoms with van der Waals surface area (Å²) in [5.74, 6) is -0.230. The molecule has 136 valence electrons. The Morgan fingerprint density at radius 3 is 2.78 bits per heavy atom. The Morgan fingerprint density at radius 2 is 2.11 bits per heavy atom. The SMILES string of the molecule is CC[n+]1cc(/N=C(\[O-])CSc2nc(-c3ccc(Cl)cc3)ccc2C#N)on1. The van der Waals surface area contributed by atoms with Gasteiger partial charge in [-0.1, -0.05) is 40.2 Å². The zero-order chi connectivity index (χ0) is 19.2. The van der Waals surface area contributed by atoms with Crippen LogP contribution in [0.2, 0.25) is 5.02 Å². The Hall–Kier alpha value is -2.89. The molecule has 3 rings (SSSR count). The van der Waals surface area contributed by atoms with Crippen molar-refractivity contribution < 1.29 is 14.3 Å². The monoisotopic (exact) mass is 399 g/mol. The summed E-state index contributed by atoms with van der Waals surface area (Å²) < 4.78 is 6.48. The molecule has 1 aromatic carbocycles. The Labute approximate surface area is 164 Å². The zero-order valence-electron chi connectivity index (χ0n) is 14.3. The Kier molecular flexibility index (Phi) is 6.06. The minimum atomic E-state index is -0.401. The average Bonchev–Trinajstić information content (AvgIpc) is 3.14. The molecule has 0 amide bonds. The number of thioether (sulfide) groups is 1. The molecule has 0 aliphatic rings. The molecule has 0 unspecified atom stereocenters. The molecule has 7 nitrogen and oxygen atoms in total. The molecule has 0 saturated heterocycles. The van der Waals surface area contributed by atoms with Crippen LogP contribution in [0.3, 0.4) is 0 Å². The lowest BCUT2D eigenvalue weighted by molar-refractivity contribution is -0.759. The number of halogens is 1. The number of rotatable bonds is 6. The Balaban J connectivity index is 1.77. The summed E-state index contributed by atoms with van der Waals surface area (Å²) in [4.78, 5) is 8.36. The fraction of sp³-hybridized carbons (Fsp3) is 0.167. The first-order valence-electron chi connectivity index (χ1n) is 8.00. The molecular weight excluding hydrogens is 386 g/mol. The first kappa shape index (κ1) is 18.9. The van der Waals surface area contributed by atoms with E-state index in [-0.39, 0.29) is 11.6 Å². The molecule has 0 aliphatic carbocycles. The van der Waals surface area contributed by atoms with Crippen molar-refractivity contribution in [1.29, 1.82) is 5.26 Å². The summed E-state index contributed by atoms with van der Waals surface area (Å²) in [6.07, 6.45) is 1.54. The van der Waals surface area contributed by atoms with Gasteiger partial charge in [-0.05, 0) is 37.1 Å². The second-order valence-corrected chi connectivity index (χ2v) is 6.76. The normalized spacial score (nSPS) is 11.4. The van der Waals surface area contributed by atoms with Crippen molar-refractivity contribution in [2.75, 3.05) is 5.75 Å². The predicted octanol–water partition coefficient (Wildman–Crippen LogP) is 2.75. The van der Waals surface area contributed by atoms with Crippen LogP contribution in [-0.2, 0) is 6.54 Å². The second-order valence-electron chi connectivity index (χ2n) is 5.36. The van der Waals surface area contributed by atoms with E-state index in [1.54, 1.807) is 30.5 Å². The van der Waals surface area contributed by atoms with Crippen molar-refractivity contribution in [2.24, 2.45) is 4.99 Å². The van der Waals surface area contributed by atoms with E-state index in [9.17, 15) is 10.4 Å². The van der Waals surface area contributed by atoms with Crippen LogP contribution in [0, 0.1) is 11.3 Å². The molecular formula is C18H14ClN5O2S. The van der Waals surface area contributed by atoms with Crippen molar-refractivity contribution in [3.05, 3.63) is 53.2 Å². The van der Waals surface area contributed by atoms with Crippen molar-refractivity contribution in [2.45, 2.75) is 18.5 Å². The highest BCUT2D eigenvalue weighted by Crippen LogP contribution is 2.26. The van der Waals surface area contributed by atoms with Gasteiger partial charge in [0, 0.05) is 16.3 Å². The minimum Gasteiger partial charge on any atom is -0.861 e. The van der Waals surface area contributed by atoms with E-state index >= 15 is 0 Å².